The van der Waals surface area contributed by atoms with Crippen LogP contribution in [0, 0.1) is 0 Å². The van der Waals surface area contributed by atoms with E-state index in [9.17, 15) is 4.79 Å². The highest BCUT2D eigenvalue weighted by atomic mass is 32.1. The van der Waals surface area contributed by atoms with Crippen molar-refractivity contribution in [3.8, 4) is 22.8 Å². The average Bonchev–Trinajstić information content (AvgIpc) is 3.30. The van der Waals surface area contributed by atoms with Crippen LogP contribution in [0.5, 0.6) is 11.5 Å². The summed E-state index contributed by atoms with van der Waals surface area (Å²) < 4.78 is 10.6. The number of methoxy groups -OCH3 is 1. The van der Waals surface area contributed by atoms with Crippen molar-refractivity contribution in [1.29, 1.82) is 0 Å². The highest BCUT2D eigenvalue weighted by Gasteiger charge is 2.16. The molecule has 0 unspecified atom stereocenters. The van der Waals surface area contributed by atoms with E-state index in [2.05, 4.69) is 10.3 Å². The van der Waals surface area contributed by atoms with Crippen LogP contribution in [-0.4, -0.2) is 24.6 Å². The number of amides is 1. The molecule has 1 amide bonds. The number of carbonyl (C=O) groups is 1. The van der Waals surface area contributed by atoms with Crippen LogP contribution in [-0.2, 0) is 6.42 Å². The molecule has 5 nitrogen and oxygen atoms in total. The van der Waals surface area contributed by atoms with E-state index in [1.807, 2.05) is 41.8 Å². The number of nitrogens with zero attached hydrogens (tertiary/aromatic N) is 1. The fraction of sp³-hybridized carbons (Fsp3) is 0.158. The van der Waals surface area contributed by atoms with Gasteiger partial charge in [0.25, 0.3) is 5.91 Å². The molecule has 1 N–H and O–H groups in total. The first-order valence-electron chi connectivity index (χ1n) is 7.90. The number of nitrogens with one attached hydrogen (secondary N) is 1. The first-order chi connectivity index (χ1) is 12.2. The minimum Gasteiger partial charge on any atom is -0.497 e. The van der Waals surface area contributed by atoms with Gasteiger partial charge in [-0.3, -0.25) is 10.1 Å². The van der Waals surface area contributed by atoms with Gasteiger partial charge in [0.15, 0.2) is 5.13 Å². The number of ether oxygens (including phenoxy) is 2. The molecule has 0 aliphatic carbocycles. The maximum atomic E-state index is 12.4. The van der Waals surface area contributed by atoms with E-state index in [4.69, 9.17) is 9.47 Å². The number of hydrogen-bond donors (Lipinski definition) is 1. The number of fused-ring (bicyclic) bond motifs is 1. The molecule has 6 heteroatoms. The lowest BCUT2D eigenvalue weighted by Gasteiger charge is -2.04. The molecule has 1 aliphatic heterocycles. The van der Waals surface area contributed by atoms with Crippen LogP contribution < -0.4 is 14.8 Å². The highest BCUT2D eigenvalue weighted by molar-refractivity contribution is 7.14. The molecule has 0 atom stereocenters. The number of thiazole rings is 1. The molecule has 0 radical (unpaired) electrons. The lowest BCUT2D eigenvalue weighted by atomic mass is 10.1. The minimum absolute atomic E-state index is 0.162. The van der Waals surface area contributed by atoms with Gasteiger partial charge >= 0.3 is 0 Å². The first kappa shape index (κ1) is 15.7. The smallest absolute Gasteiger partial charge is 0.257 e. The van der Waals surface area contributed by atoms with Gasteiger partial charge in [0, 0.05) is 22.9 Å². The van der Waals surface area contributed by atoms with Crippen molar-refractivity contribution >= 4 is 22.4 Å². The van der Waals surface area contributed by atoms with Crippen molar-refractivity contribution in [3.05, 3.63) is 59.0 Å². The third-order valence-corrected chi connectivity index (χ3v) is 4.82. The SMILES string of the molecule is COc1ccc(-c2csc(NC(=O)c3ccc4c(c3)CCO4)n2)cc1. The Hall–Kier alpha value is -2.86. The Bertz CT molecular complexity index is 919. The molecule has 4 rings (SSSR count). The van der Waals surface area contributed by atoms with Gasteiger partial charge in [-0.25, -0.2) is 4.98 Å². The van der Waals surface area contributed by atoms with E-state index in [0.717, 1.165) is 34.7 Å². The molecule has 126 valence electrons. The Morgan fingerprint density at radius 2 is 2.08 bits per heavy atom. The molecular weight excluding hydrogens is 336 g/mol. The van der Waals surface area contributed by atoms with Crippen LogP contribution in [0.15, 0.2) is 47.8 Å². The van der Waals surface area contributed by atoms with Gasteiger partial charge in [-0.05, 0) is 48.0 Å². The number of anilines is 1. The van der Waals surface area contributed by atoms with E-state index in [0.29, 0.717) is 17.3 Å². The number of rotatable bonds is 4. The highest BCUT2D eigenvalue weighted by Crippen LogP contribution is 2.28. The molecule has 1 aromatic heterocycles. The molecule has 0 bridgehead atoms. The summed E-state index contributed by atoms with van der Waals surface area (Å²) in [5.41, 5.74) is 3.49. The maximum Gasteiger partial charge on any atom is 0.257 e. The van der Waals surface area contributed by atoms with Gasteiger partial charge in [-0.15, -0.1) is 11.3 Å². The van der Waals surface area contributed by atoms with Crippen molar-refractivity contribution in [3.63, 3.8) is 0 Å². The van der Waals surface area contributed by atoms with Crippen LogP contribution in [0.3, 0.4) is 0 Å². The maximum absolute atomic E-state index is 12.4. The standard InChI is InChI=1S/C19H16N2O3S/c1-23-15-5-2-12(3-6-15)16-11-25-19(20-16)21-18(22)14-4-7-17-13(10-14)8-9-24-17/h2-7,10-11H,8-9H2,1H3,(H,20,21,22). The van der Waals surface area contributed by atoms with Crippen LogP contribution in [0.4, 0.5) is 5.13 Å². The lowest BCUT2D eigenvalue weighted by molar-refractivity contribution is 0.102. The van der Waals surface area contributed by atoms with Crippen molar-refractivity contribution < 1.29 is 14.3 Å². The second-order valence-electron chi connectivity index (χ2n) is 5.64. The molecule has 0 fully saturated rings. The summed E-state index contributed by atoms with van der Waals surface area (Å²) in [6, 6.07) is 13.2. The molecule has 0 saturated heterocycles. The molecule has 2 heterocycles. The Labute approximate surface area is 149 Å². The van der Waals surface area contributed by atoms with Gasteiger partial charge in [0.05, 0.1) is 19.4 Å². The summed E-state index contributed by atoms with van der Waals surface area (Å²) >= 11 is 1.40. The summed E-state index contributed by atoms with van der Waals surface area (Å²) in [6.45, 7) is 0.679. The lowest BCUT2D eigenvalue weighted by Crippen LogP contribution is -2.11. The third kappa shape index (κ3) is 3.21. The van der Waals surface area contributed by atoms with E-state index in [1.165, 1.54) is 11.3 Å². The van der Waals surface area contributed by atoms with Crippen molar-refractivity contribution in [2.45, 2.75) is 6.42 Å². The quantitative estimate of drug-likeness (QED) is 0.771. The van der Waals surface area contributed by atoms with E-state index < -0.39 is 0 Å². The molecule has 1 aliphatic rings. The Morgan fingerprint density at radius 3 is 2.88 bits per heavy atom. The summed E-state index contributed by atoms with van der Waals surface area (Å²) in [4.78, 5) is 16.9. The number of carbonyl (C=O) groups excluding carboxylic acids is 1. The molecule has 25 heavy (non-hydrogen) atoms. The van der Waals surface area contributed by atoms with Crippen LogP contribution in [0.2, 0.25) is 0 Å². The average molecular weight is 352 g/mol. The largest absolute Gasteiger partial charge is 0.497 e. The van der Waals surface area contributed by atoms with Crippen LogP contribution in [0.25, 0.3) is 11.3 Å². The zero-order valence-corrected chi connectivity index (χ0v) is 14.4. The normalized spacial score (nSPS) is 12.4. The van der Waals surface area contributed by atoms with Gasteiger partial charge in [0.1, 0.15) is 11.5 Å². The van der Waals surface area contributed by atoms with Crippen LogP contribution >= 0.6 is 11.3 Å². The molecule has 2 aromatic carbocycles. The van der Waals surface area contributed by atoms with Gasteiger partial charge in [-0.2, -0.15) is 0 Å². The van der Waals surface area contributed by atoms with Gasteiger partial charge in [0.2, 0.25) is 0 Å². The Morgan fingerprint density at radius 1 is 1.24 bits per heavy atom. The third-order valence-electron chi connectivity index (χ3n) is 4.06. The Kier molecular flexibility index (Phi) is 4.11. The fourth-order valence-electron chi connectivity index (χ4n) is 2.72. The molecular formula is C19H16N2O3S. The predicted molar refractivity (Wildman–Crippen MR) is 97.7 cm³/mol. The van der Waals surface area contributed by atoms with E-state index in [1.54, 1.807) is 13.2 Å². The van der Waals surface area contributed by atoms with Gasteiger partial charge in [-0.1, -0.05) is 0 Å². The molecule has 0 spiro atoms. The van der Waals surface area contributed by atoms with E-state index >= 15 is 0 Å². The summed E-state index contributed by atoms with van der Waals surface area (Å²) in [5.74, 6) is 1.51. The molecule has 0 saturated carbocycles. The second-order valence-corrected chi connectivity index (χ2v) is 6.50. The number of aromatic nitrogens is 1. The number of benzene rings is 2. The topological polar surface area (TPSA) is 60.5 Å². The minimum atomic E-state index is -0.162. The Balaban J connectivity index is 1.49. The second kappa shape index (κ2) is 6.57. The van der Waals surface area contributed by atoms with Crippen molar-refractivity contribution in [1.82, 2.24) is 4.98 Å². The zero-order chi connectivity index (χ0) is 17.2. The van der Waals surface area contributed by atoms with Crippen LogP contribution in [0.1, 0.15) is 15.9 Å². The monoisotopic (exact) mass is 352 g/mol. The fourth-order valence-corrected chi connectivity index (χ4v) is 3.44. The van der Waals surface area contributed by atoms with Gasteiger partial charge < -0.3 is 9.47 Å². The number of hydrogen-bond acceptors (Lipinski definition) is 5. The molecule has 3 aromatic rings. The predicted octanol–water partition coefficient (Wildman–Crippen LogP) is 4.01. The summed E-state index contributed by atoms with van der Waals surface area (Å²) in [6.07, 6.45) is 0.843. The zero-order valence-electron chi connectivity index (χ0n) is 13.6. The van der Waals surface area contributed by atoms with Crippen molar-refractivity contribution in [2.75, 3.05) is 19.0 Å². The first-order valence-corrected chi connectivity index (χ1v) is 8.78. The summed E-state index contributed by atoms with van der Waals surface area (Å²) in [5, 5.41) is 5.37. The summed E-state index contributed by atoms with van der Waals surface area (Å²) in [7, 11) is 1.64. The van der Waals surface area contributed by atoms with Crippen molar-refractivity contribution in [2.24, 2.45) is 0 Å². The van der Waals surface area contributed by atoms with E-state index in [-0.39, 0.29) is 5.91 Å².